The molecule has 10 nitrogen and oxygen atoms in total. The molecule has 0 atom stereocenters. The number of ether oxygens (including phenoxy) is 1. The molecule has 2 aromatic heterocycles. The van der Waals surface area contributed by atoms with E-state index in [1.54, 1.807) is 42.5 Å². The van der Waals surface area contributed by atoms with Gasteiger partial charge in [0.2, 0.25) is 0 Å². The molecule has 3 heterocycles. The normalized spacial score (nSPS) is 12.6. The summed E-state index contributed by atoms with van der Waals surface area (Å²) < 4.78 is 15.7. The van der Waals surface area contributed by atoms with E-state index in [1.807, 2.05) is 0 Å². The third kappa shape index (κ3) is 4.90. The molecule has 0 spiro atoms. The Kier molecular flexibility index (Phi) is 6.38. The van der Waals surface area contributed by atoms with Gasteiger partial charge in [-0.05, 0) is 48.9 Å². The molecular formula is C27H20N2O8. The zero-order valence-corrected chi connectivity index (χ0v) is 19.4. The highest BCUT2D eigenvalue weighted by atomic mass is 16.5. The summed E-state index contributed by atoms with van der Waals surface area (Å²) in [6.07, 6.45) is 1.67. The predicted molar refractivity (Wildman–Crippen MR) is 129 cm³/mol. The van der Waals surface area contributed by atoms with Crippen LogP contribution in [0.25, 0.3) is 11.0 Å². The Bertz CT molecular complexity index is 1550. The van der Waals surface area contributed by atoms with Crippen LogP contribution in [-0.4, -0.2) is 35.1 Å². The van der Waals surface area contributed by atoms with Crippen LogP contribution in [0.4, 0.5) is 0 Å². The molecular weight excluding hydrogens is 480 g/mol. The van der Waals surface area contributed by atoms with Gasteiger partial charge in [-0.15, -0.1) is 0 Å². The van der Waals surface area contributed by atoms with Crippen molar-refractivity contribution in [2.75, 3.05) is 6.54 Å². The SMILES string of the molecule is O=C(CCCN1C(=O)c2ccccc2C1=O)Oc1ccc2cc(C(=O)NCc3ccco3)c(=O)oc2c1. The third-order valence-corrected chi connectivity index (χ3v) is 5.83. The molecule has 0 radical (unpaired) electrons. The predicted octanol–water partition coefficient (Wildman–Crippen LogP) is 3.30. The molecule has 0 aliphatic carbocycles. The second-order valence-corrected chi connectivity index (χ2v) is 8.29. The van der Waals surface area contributed by atoms with Gasteiger partial charge in [0.05, 0.1) is 23.9 Å². The van der Waals surface area contributed by atoms with E-state index in [9.17, 15) is 24.0 Å². The maximum atomic E-state index is 12.4. The number of nitrogens with one attached hydrogen (secondary N) is 1. The van der Waals surface area contributed by atoms with E-state index in [0.717, 1.165) is 4.90 Å². The maximum Gasteiger partial charge on any atom is 0.349 e. The smallest absolute Gasteiger partial charge is 0.349 e. The number of furan rings is 1. The lowest BCUT2D eigenvalue weighted by Gasteiger charge is -2.13. The lowest BCUT2D eigenvalue weighted by atomic mass is 10.1. The molecule has 1 aliphatic heterocycles. The second-order valence-electron chi connectivity index (χ2n) is 8.29. The Morgan fingerprint density at radius 2 is 1.68 bits per heavy atom. The fourth-order valence-corrected chi connectivity index (χ4v) is 4.00. The average Bonchev–Trinajstić information content (AvgIpc) is 3.50. The average molecular weight is 500 g/mol. The minimum atomic E-state index is -0.839. The van der Waals surface area contributed by atoms with Crippen LogP contribution in [0.1, 0.15) is 49.7 Å². The number of imide groups is 1. The number of carbonyl (C=O) groups is 4. The molecule has 0 fully saturated rings. The largest absolute Gasteiger partial charge is 0.467 e. The highest BCUT2D eigenvalue weighted by Crippen LogP contribution is 2.24. The summed E-state index contributed by atoms with van der Waals surface area (Å²) >= 11 is 0. The van der Waals surface area contributed by atoms with E-state index < -0.39 is 17.5 Å². The summed E-state index contributed by atoms with van der Waals surface area (Å²) in [5, 5.41) is 3.05. The monoisotopic (exact) mass is 500 g/mol. The zero-order chi connectivity index (χ0) is 25.9. The van der Waals surface area contributed by atoms with E-state index in [0.29, 0.717) is 22.3 Å². The van der Waals surface area contributed by atoms with E-state index in [4.69, 9.17) is 13.6 Å². The van der Waals surface area contributed by atoms with Gasteiger partial charge in [0.1, 0.15) is 22.7 Å². The van der Waals surface area contributed by atoms with Gasteiger partial charge in [0.15, 0.2) is 0 Å². The summed E-state index contributed by atoms with van der Waals surface area (Å²) in [6, 6.07) is 15.8. The Morgan fingerprint density at radius 1 is 0.919 bits per heavy atom. The highest BCUT2D eigenvalue weighted by molar-refractivity contribution is 6.21. The van der Waals surface area contributed by atoms with Crippen molar-refractivity contribution in [3.8, 4) is 5.75 Å². The second kappa shape index (κ2) is 9.94. The van der Waals surface area contributed by atoms with Crippen LogP contribution in [0, 0.1) is 0 Å². The summed E-state index contributed by atoms with van der Waals surface area (Å²) in [6.45, 7) is 0.198. The lowest BCUT2D eigenvalue weighted by molar-refractivity contribution is -0.134. The van der Waals surface area contributed by atoms with Crippen molar-refractivity contribution < 1.29 is 32.7 Å². The summed E-state index contributed by atoms with van der Waals surface area (Å²) in [5.74, 6) is -1.27. The van der Waals surface area contributed by atoms with Gasteiger partial charge in [-0.1, -0.05) is 12.1 Å². The number of carbonyl (C=O) groups excluding carboxylic acids is 4. The number of hydrogen-bond acceptors (Lipinski definition) is 8. The molecule has 5 rings (SSSR count). The number of nitrogens with zero attached hydrogens (tertiary/aromatic N) is 1. The van der Waals surface area contributed by atoms with Crippen molar-refractivity contribution in [3.05, 3.63) is 99.8 Å². The fourth-order valence-electron chi connectivity index (χ4n) is 4.00. The van der Waals surface area contributed by atoms with Crippen molar-refractivity contribution in [1.82, 2.24) is 10.2 Å². The first-order valence-electron chi connectivity index (χ1n) is 11.4. The minimum Gasteiger partial charge on any atom is -0.467 e. The van der Waals surface area contributed by atoms with E-state index >= 15 is 0 Å². The molecule has 3 amide bonds. The first-order chi connectivity index (χ1) is 17.9. The van der Waals surface area contributed by atoms with Gasteiger partial charge < -0.3 is 18.9 Å². The van der Waals surface area contributed by atoms with Crippen LogP contribution in [-0.2, 0) is 11.3 Å². The third-order valence-electron chi connectivity index (χ3n) is 5.83. The number of rotatable bonds is 8. The van der Waals surface area contributed by atoms with E-state index in [1.165, 1.54) is 24.5 Å². The van der Waals surface area contributed by atoms with Gasteiger partial charge in [0, 0.05) is 24.4 Å². The van der Waals surface area contributed by atoms with Crippen molar-refractivity contribution in [3.63, 3.8) is 0 Å². The number of amides is 3. The fraction of sp³-hybridized carbons (Fsp3) is 0.148. The van der Waals surface area contributed by atoms with Crippen LogP contribution in [0.5, 0.6) is 5.75 Å². The highest BCUT2D eigenvalue weighted by Gasteiger charge is 2.34. The number of esters is 1. The molecule has 0 saturated heterocycles. The summed E-state index contributed by atoms with van der Waals surface area (Å²) in [7, 11) is 0. The van der Waals surface area contributed by atoms with Crippen LogP contribution in [0.2, 0.25) is 0 Å². The topological polar surface area (TPSA) is 136 Å². The quantitative estimate of drug-likeness (QED) is 0.168. The van der Waals surface area contributed by atoms with Crippen molar-refractivity contribution in [1.29, 1.82) is 0 Å². The van der Waals surface area contributed by atoms with Crippen LogP contribution >= 0.6 is 0 Å². The number of benzene rings is 2. The van der Waals surface area contributed by atoms with Crippen molar-refractivity contribution in [2.24, 2.45) is 0 Å². The van der Waals surface area contributed by atoms with Crippen molar-refractivity contribution in [2.45, 2.75) is 19.4 Å². The van der Waals surface area contributed by atoms with Gasteiger partial charge in [0.25, 0.3) is 17.7 Å². The molecule has 186 valence electrons. The van der Waals surface area contributed by atoms with Crippen LogP contribution < -0.4 is 15.7 Å². The van der Waals surface area contributed by atoms with Crippen molar-refractivity contribution >= 4 is 34.7 Å². The molecule has 0 bridgehead atoms. The molecule has 37 heavy (non-hydrogen) atoms. The molecule has 1 aliphatic rings. The van der Waals surface area contributed by atoms with Gasteiger partial charge in [-0.2, -0.15) is 0 Å². The van der Waals surface area contributed by atoms with Crippen LogP contribution in [0.15, 0.2) is 80.6 Å². The van der Waals surface area contributed by atoms with Gasteiger partial charge in [-0.3, -0.25) is 24.1 Å². The van der Waals surface area contributed by atoms with Gasteiger partial charge in [-0.25, -0.2) is 4.79 Å². The maximum absolute atomic E-state index is 12.4. The first-order valence-corrected chi connectivity index (χ1v) is 11.4. The molecule has 10 heteroatoms. The van der Waals surface area contributed by atoms with Crippen LogP contribution in [0.3, 0.4) is 0 Å². The Morgan fingerprint density at radius 3 is 2.38 bits per heavy atom. The standard InChI is InChI=1S/C27H20N2O8/c30-23(8-3-11-29-25(32)19-6-1-2-7-20(19)26(29)33)36-17-10-9-16-13-21(27(34)37-22(16)14-17)24(31)28-15-18-5-4-12-35-18/h1-2,4-7,9-10,12-14H,3,8,11,15H2,(H,28,31). The summed E-state index contributed by atoms with van der Waals surface area (Å²) in [5.41, 5.74) is -0.161. The zero-order valence-electron chi connectivity index (χ0n) is 19.4. The van der Waals surface area contributed by atoms with Gasteiger partial charge >= 0.3 is 11.6 Å². The number of hydrogen-bond donors (Lipinski definition) is 1. The first kappa shape index (κ1) is 23.7. The Hall–Kier alpha value is -4.99. The summed E-state index contributed by atoms with van der Waals surface area (Å²) in [4.78, 5) is 63.0. The molecule has 4 aromatic rings. The van der Waals surface area contributed by atoms with E-state index in [2.05, 4.69) is 5.32 Å². The number of fused-ring (bicyclic) bond motifs is 2. The molecule has 0 saturated carbocycles. The lowest BCUT2D eigenvalue weighted by Crippen LogP contribution is -2.31. The molecule has 2 aromatic carbocycles. The Balaban J connectivity index is 1.18. The van der Waals surface area contributed by atoms with E-state index in [-0.39, 0.29) is 54.6 Å². The minimum absolute atomic E-state index is 0.0375. The molecule has 0 unspecified atom stereocenters. The Labute approximate surface area is 209 Å². The molecule has 1 N–H and O–H groups in total.